The lowest BCUT2D eigenvalue weighted by atomic mass is 10.1. The number of carbonyl (C=O) groups excluding carboxylic acids is 4. The van der Waals surface area contributed by atoms with Gasteiger partial charge in [-0.25, -0.2) is 0 Å². The summed E-state index contributed by atoms with van der Waals surface area (Å²) < 4.78 is 20.0. The van der Waals surface area contributed by atoms with E-state index >= 15 is 0 Å². The average molecular weight is 638 g/mol. The quantitative estimate of drug-likeness (QED) is 0.149. The van der Waals surface area contributed by atoms with Crippen molar-refractivity contribution in [2.45, 2.75) is 171 Å². The number of unbranched alkanes of at least 4 members (excludes halogenated alkanes) is 2. The second-order valence-electron chi connectivity index (χ2n) is 13.8. The van der Waals surface area contributed by atoms with Crippen LogP contribution in [0.25, 0.3) is 0 Å². The Balaban J connectivity index is -0.000000155. The van der Waals surface area contributed by atoms with Crippen LogP contribution in [0, 0.1) is 0 Å². The van der Waals surface area contributed by atoms with Crippen LogP contribution in [-0.2, 0) is 38.1 Å². The van der Waals surface area contributed by atoms with Crippen molar-refractivity contribution < 1.29 is 38.1 Å². The number of esters is 4. The third-order valence-electron chi connectivity index (χ3n) is 4.05. The van der Waals surface area contributed by atoms with Crippen molar-refractivity contribution in [1.29, 1.82) is 0 Å². The molecule has 44 heavy (non-hydrogen) atoms. The molecule has 5 N–H and O–H groups in total. The van der Waals surface area contributed by atoms with Crippen LogP contribution in [0.2, 0.25) is 0 Å². The van der Waals surface area contributed by atoms with Crippen LogP contribution in [0.4, 0.5) is 0 Å². The summed E-state index contributed by atoms with van der Waals surface area (Å²) in [5.41, 5.74) is 9.33. The van der Waals surface area contributed by atoms with E-state index in [9.17, 15) is 19.2 Å². The lowest BCUT2D eigenvalue weighted by Crippen LogP contribution is -2.37. The maximum atomic E-state index is 11.4. The van der Waals surface area contributed by atoms with Crippen molar-refractivity contribution in [3.8, 4) is 0 Å². The summed E-state index contributed by atoms with van der Waals surface area (Å²) >= 11 is 0. The zero-order valence-electron chi connectivity index (χ0n) is 30.2. The first-order valence-corrected chi connectivity index (χ1v) is 15.2. The van der Waals surface area contributed by atoms with Crippen LogP contribution in [0.15, 0.2) is 0 Å². The summed E-state index contributed by atoms with van der Waals surface area (Å²) in [5.74, 6) is -0.860. The Hall–Kier alpha value is -2.24. The first-order valence-electron chi connectivity index (χ1n) is 15.2. The zero-order chi connectivity index (χ0) is 35.1. The molecular formula is C33H71N3O8. The number of rotatable bonds is 10. The largest absolute Gasteiger partial charge is 0.460 e. The molecule has 11 nitrogen and oxygen atoms in total. The number of likely N-dealkylation sites (N-methyl/N-ethyl adjacent to an activating group) is 1. The van der Waals surface area contributed by atoms with Gasteiger partial charge in [0.1, 0.15) is 28.4 Å². The Morgan fingerprint density at radius 2 is 1.05 bits per heavy atom. The van der Waals surface area contributed by atoms with Crippen molar-refractivity contribution in [1.82, 2.24) is 5.32 Å². The van der Waals surface area contributed by atoms with E-state index in [1.807, 2.05) is 83.1 Å². The van der Waals surface area contributed by atoms with Gasteiger partial charge in [0, 0.05) is 13.0 Å². The zero-order valence-corrected chi connectivity index (χ0v) is 30.2. The number of hydrogen-bond acceptors (Lipinski definition) is 11. The van der Waals surface area contributed by atoms with E-state index in [4.69, 9.17) is 30.4 Å². The molecule has 0 aromatic carbocycles. The van der Waals surface area contributed by atoms with Crippen molar-refractivity contribution in [3.63, 3.8) is 0 Å². The fourth-order valence-corrected chi connectivity index (χ4v) is 2.56. The highest BCUT2D eigenvalue weighted by atomic mass is 16.6. The number of hydrogen-bond donors (Lipinski definition) is 3. The third kappa shape index (κ3) is 49.4. The summed E-state index contributed by atoms with van der Waals surface area (Å²) in [7, 11) is 1.71. The van der Waals surface area contributed by atoms with Gasteiger partial charge in [-0.05, 0) is 96.6 Å². The molecule has 0 saturated heterocycles. The molecule has 11 heteroatoms. The minimum Gasteiger partial charge on any atom is -0.460 e. The normalized spacial score (nSPS) is 11.8. The van der Waals surface area contributed by atoms with Crippen molar-refractivity contribution in [2.75, 3.05) is 20.1 Å². The molecular weight excluding hydrogens is 566 g/mol. The van der Waals surface area contributed by atoms with Crippen LogP contribution >= 0.6 is 0 Å². The van der Waals surface area contributed by atoms with Gasteiger partial charge in [0.05, 0.1) is 13.0 Å². The number of ether oxygens (including phenoxy) is 4. The lowest BCUT2D eigenvalue weighted by Gasteiger charge is -2.22. The Morgan fingerprint density at radius 1 is 0.659 bits per heavy atom. The van der Waals surface area contributed by atoms with E-state index in [1.165, 1.54) is 0 Å². The molecule has 266 valence electrons. The molecule has 0 aromatic heterocycles. The predicted octanol–water partition coefficient (Wildman–Crippen LogP) is 5.83. The minimum absolute atomic E-state index is 0. The highest BCUT2D eigenvalue weighted by Crippen LogP contribution is 2.11. The summed E-state index contributed by atoms with van der Waals surface area (Å²) in [4.78, 5) is 43.5. The van der Waals surface area contributed by atoms with Crippen LogP contribution in [-0.4, -0.2) is 72.5 Å². The molecule has 0 spiro atoms. The Morgan fingerprint density at radius 3 is 1.34 bits per heavy atom. The van der Waals surface area contributed by atoms with Gasteiger partial charge >= 0.3 is 23.9 Å². The highest BCUT2D eigenvalue weighted by Gasteiger charge is 2.21. The summed E-state index contributed by atoms with van der Waals surface area (Å²) in [6.07, 6.45) is 4.74. The topological polar surface area (TPSA) is 169 Å². The molecule has 0 bridgehead atoms. The SMILES string of the molecule is C.CC(C)(C)OC(=O)CCN.CCC(=O)OC(C)(C)C.CCCCCC(N)C(=O)OC(C)(C)C.CNCC(=O)OC(C)(C)C. The average Bonchev–Trinajstić information content (AvgIpc) is 2.76. The number of carbonyl (C=O) groups is 4. The van der Waals surface area contributed by atoms with Gasteiger partial charge in [0.2, 0.25) is 0 Å². The predicted molar refractivity (Wildman–Crippen MR) is 180 cm³/mol. The molecule has 0 aliphatic carbocycles. The van der Waals surface area contributed by atoms with E-state index in [1.54, 1.807) is 14.0 Å². The third-order valence-corrected chi connectivity index (χ3v) is 4.05. The van der Waals surface area contributed by atoms with Gasteiger partial charge in [-0.2, -0.15) is 0 Å². The number of nitrogens with two attached hydrogens (primary N) is 2. The summed E-state index contributed by atoms with van der Waals surface area (Å²) in [6, 6.07) is -0.458. The van der Waals surface area contributed by atoms with Gasteiger partial charge in [-0.3, -0.25) is 19.2 Å². The molecule has 1 unspecified atom stereocenters. The van der Waals surface area contributed by atoms with Crippen molar-refractivity contribution in [2.24, 2.45) is 11.5 Å². The van der Waals surface area contributed by atoms with E-state index in [0.29, 0.717) is 19.4 Å². The minimum atomic E-state index is -0.458. The summed E-state index contributed by atoms with van der Waals surface area (Å²) in [6.45, 7) is 26.7. The molecule has 1 atom stereocenters. The molecule has 0 saturated carbocycles. The van der Waals surface area contributed by atoms with Crippen LogP contribution in [0.3, 0.4) is 0 Å². The number of nitrogens with one attached hydrogen (secondary N) is 1. The molecule has 0 aliphatic heterocycles. The smallest absolute Gasteiger partial charge is 0.323 e. The van der Waals surface area contributed by atoms with Gasteiger partial charge in [-0.15, -0.1) is 0 Å². The fraction of sp³-hybridized carbons (Fsp3) is 0.879. The van der Waals surface area contributed by atoms with Gasteiger partial charge in [-0.1, -0.05) is 40.5 Å². The van der Waals surface area contributed by atoms with E-state index in [0.717, 1.165) is 25.7 Å². The maximum Gasteiger partial charge on any atom is 0.323 e. The highest BCUT2D eigenvalue weighted by molar-refractivity contribution is 5.75. The second kappa shape index (κ2) is 26.0. The van der Waals surface area contributed by atoms with Gasteiger partial charge in [0.15, 0.2) is 0 Å². The van der Waals surface area contributed by atoms with Crippen LogP contribution in [0.1, 0.15) is 143 Å². The first-order chi connectivity index (χ1) is 19.2. The van der Waals surface area contributed by atoms with E-state index in [-0.39, 0.29) is 54.7 Å². The van der Waals surface area contributed by atoms with Gasteiger partial charge < -0.3 is 35.7 Å². The molecule has 0 aromatic rings. The molecule has 0 radical (unpaired) electrons. The molecule has 0 amide bonds. The van der Waals surface area contributed by atoms with E-state index < -0.39 is 11.6 Å². The Bertz CT molecular complexity index is 729. The second-order valence-corrected chi connectivity index (χ2v) is 13.8. The first kappa shape index (κ1) is 51.3. The molecule has 0 fully saturated rings. The van der Waals surface area contributed by atoms with E-state index in [2.05, 4.69) is 12.2 Å². The van der Waals surface area contributed by atoms with Crippen molar-refractivity contribution >= 4 is 23.9 Å². The Kier molecular flexibility index (Phi) is 30.4. The lowest BCUT2D eigenvalue weighted by molar-refractivity contribution is -0.157. The fourth-order valence-electron chi connectivity index (χ4n) is 2.56. The Labute approximate surface area is 270 Å². The van der Waals surface area contributed by atoms with Crippen LogP contribution in [0.5, 0.6) is 0 Å². The molecule has 0 aliphatic rings. The van der Waals surface area contributed by atoms with Crippen molar-refractivity contribution in [3.05, 3.63) is 0 Å². The van der Waals surface area contributed by atoms with Gasteiger partial charge in [0.25, 0.3) is 0 Å². The maximum absolute atomic E-state index is 11.4. The van der Waals surface area contributed by atoms with Crippen LogP contribution < -0.4 is 16.8 Å². The molecule has 0 heterocycles. The molecule has 0 rings (SSSR count). The standard InChI is InChI=1S/C11H23NO2.2C7H15NO2.C7H14O2.CH4/c1-5-6-7-8-9(12)10(13)14-11(2,3)4;1-7(2,3)10-6(9)5-8-4;1-7(2,3)10-6(9)4-5-8;1-5-6(8)9-7(2,3)4;/h9H,5-8,12H2,1-4H3;8H,5H2,1-4H3;4-5,8H2,1-3H3;5H2,1-4H3;1H4. The monoisotopic (exact) mass is 638 g/mol. The summed E-state index contributed by atoms with van der Waals surface area (Å²) in [5, 5.41) is 2.72.